The number of aromatic nitrogens is 1. The van der Waals surface area contributed by atoms with Crippen molar-refractivity contribution in [1.82, 2.24) is 4.98 Å². The Hall–Kier alpha value is -1.85. The van der Waals surface area contributed by atoms with Gasteiger partial charge in [0.25, 0.3) is 0 Å². The first-order valence-corrected chi connectivity index (χ1v) is 10.7. The Kier molecular flexibility index (Phi) is 6.78. The maximum absolute atomic E-state index is 14.5. The van der Waals surface area contributed by atoms with Crippen molar-refractivity contribution >= 4 is 37.8 Å². The lowest BCUT2D eigenvalue weighted by atomic mass is 10.0. The number of nitrogens with one attached hydrogen (secondary N) is 1. The lowest BCUT2D eigenvalue weighted by Crippen LogP contribution is -2.06. The van der Waals surface area contributed by atoms with Crippen LogP contribution in [-0.4, -0.2) is 21.9 Å². The van der Waals surface area contributed by atoms with Crippen LogP contribution in [0.2, 0.25) is 0 Å². The van der Waals surface area contributed by atoms with Crippen molar-refractivity contribution in [2.45, 2.75) is 30.6 Å². The van der Waals surface area contributed by atoms with Gasteiger partial charge in [0.15, 0.2) is 11.6 Å². The topological polar surface area (TPSA) is 37.3 Å². The Labute approximate surface area is 169 Å². The Morgan fingerprint density at radius 1 is 1.25 bits per heavy atom. The number of pyridine rings is 1. The van der Waals surface area contributed by atoms with E-state index in [1.54, 1.807) is 17.8 Å². The molecule has 0 saturated carbocycles. The van der Waals surface area contributed by atoms with E-state index in [4.69, 9.17) is 0 Å². The van der Waals surface area contributed by atoms with Gasteiger partial charge in [0.1, 0.15) is 5.82 Å². The van der Waals surface area contributed by atoms with Crippen molar-refractivity contribution in [2.75, 3.05) is 11.6 Å². The van der Waals surface area contributed by atoms with Gasteiger partial charge in [0, 0.05) is 34.4 Å². The monoisotopic (exact) mass is 423 g/mol. The highest BCUT2D eigenvalue weighted by molar-refractivity contribution is 7.99. The minimum atomic E-state index is -0.953. The van der Waals surface area contributed by atoms with Gasteiger partial charge in [-0.25, -0.2) is 13.2 Å². The fourth-order valence-corrected chi connectivity index (χ4v) is 4.48. The molecule has 0 spiro atoms. The van der Waals surface area contributed by atoms with E-state index in [0.29, 0.717) is 28.7 Å². The van der Waals surface area contributed by atoms with Crippen LogP contribution >= 0.6 is 21.0 Å². The number of halogens is 3. The third-order valence-corrected chi connectivity index (χ3v) is 6.05. The molecule has 1 aliphatic rings. The van der Waals surface area contributed by atoms with Crippen molar-refractivity contribution in [1.29, 1.82) is 0 Å². The number of thioether (sulfide) groups is 1. The van der Waals surface area contributed by atoms with Crippen LogP contribution in [0.1, 0.15) is 36.6 Å². The first-order valence-electron chi connectivity index (χ1n) is 8.79. The molecule has 1 aromatic carbocycles. The summed E-state index contributed by atoms with van der Waals surface area (Å²) in [5.74, 6) is -2.30. The first-order chi connectivity index (χ1) is 13.4. The molecule has 0 bridgehead atoms. The molecular weight excluding hydrogens is 402 g/mol. The molecule has 1 aromatic heterocycles. The summed E-state index contributed by atoms with van der Waals surface area (Å²) in [5.41, 5.74) is 2.19. The molecule has 3 rings (SSSR count). The summed E-state index contributed by atoms with van der Waals surface area (Å²) in [4.78, 5) is 8.52. The lowest BCUT2D eigenvalue weighted by Gasteiger charge is -2.17. The normalized spacial score (nSPS) is 19.7. The molecule has 28 heavy (non-hydrogen) atoms. The average Bonchev–Trinajstić information content (AvgIpc) is 2.86. The van der Waals surface area contributed by atoms with E-state index in [1.807, 2.05) is 6.26 Å². The van der Waals surface area contributed by atoms with Crippen molar-refractivity contribution in [3.05, 3.63) is 65.8 Å². The lowest BCUT2D eigenvalue weighted by molar-refractivity contribution is 0.483. The first kappa shape index (κ1) is 20.9. The van der Waals surface area contributed by atoms with Crippen LogP contribution in [0.3, 0.4) is 0 Å². The highest BCUT2D eigenvalue weighted by Gasteiger charge is 2.24. The smallest absolute Gasteiger partial charge is 0.164 e. The van der Waals surface area contributed by atoms with Crippen LogP contribution in [0.15, 0.2) is 42.0 Å². The molecule has 0 amide bonds. The zero-order valence-corrected chi connectivity index (χ0v) is 17.4. The summed E-state index contributed by atoms with van der Waals surface area (Å²) >= 11 is 1.76. The van der Waals surface area contributed by atoms with Crippen LogP contribution in [0, 0.1) is 17.5 Å². The third kappa shape index (κ3) is 4.95. The van der Waals surface area contributed by atoms with Crippen LogP contribution in [0.5, 0.6) is 0 Å². The SMILES string of the molecule is C=C(Nc1cc(F)c(F)c(C2CCC(SC)CC(P)=N2)c1)c1ccc(F)cn1. The van der Waals surface area contributed by atoms with E-state index in [9.17, 15) is 13.2 Å². The van der Waals surface area contributed by atoms with Gasteiger partial charge in [-0.15, -0.1) is 0 Å². The predicted octanol–water partition coefficient (Wildman–Crippen LogP) is 5.81. The average molecular weight is 423 g/mol. The summed E-state index contributed by atoms with van der Waals surface area (Å²) in [5, 5.41) is 3.34. The van der Waals surface area contributed by atoms with Crippen molar-refractivity contribution in [2.24, 2.45) is 4.99 Å². The number of hydrogen-bond acceptors (Lipinski definition) is 4. The fraction of sp³-hybridized carbons (Fsp3) is 0.300. The van der Waals surface area contributed by atoms with Crippen molar-refractivity contribution in [3.63, 3.8) is 0 Å². The van der Waals surface area contributed by atoms with Gasteiger partial charge in [-0.1, -0.05) is 15.8 Å². The molecule has 3 atom stereocenters. The summed E-state index contributed by atoms with van der Waals surface area (Å²) in [6.45, 7) is 3.85. The predicted molar refractivity (Wildman–Crippen MR) is 114 cm³/mol. The maximum atomic E-state index is 14.5. The molecule has 3 nitrogen and oxygen atoms in total. The van der Waals surface area contributed by atoms with Gasteiger partial charge in [-0.05, 0) is 37.3 Å². The molecule has 1 N–H and O–H groups in total. The number of nitrogens with zero attached hydrogens (tertiary/aromatic N) is 2. The molecule has 148 valence electrons. The molecule has 0 saturated heterocycles. The van der Waals surface area contributed by atoms with Gasteiger partial charge >= 0.3 is 0 Å². The summed E-state index contributed by atoms with van der Waals surface area (Å²) in [6, 6.07) is 4.90. The minimum Gasteiger partial charge on any atom is -0.354 e. The van der Waals surface area contributed by atoms with E-state index in [2.05, 4.69) is 31.1 Å². The van der Waals surface area contributed by atoms with Crippen molar-refractivity contribution < 1.29 is 13.2 Å². The van der Waals surface area contributed by atoms with Crippen LogP contribution < -0.4 is 5.32 Å². The Morgan fingerprint density at radius 3 is 2.71 bits per heavy atom. The molecule has 0 aliphatic carbocycles. The van der Waals surface area contributed by atoms with Crippen LogP contribution in [0.25, 0.3) is 5.70 Å². The van der Waals surface area contributed by atoms with E-state index < -0.39 is 23.5 Å². The quantitative estimate of drug-likeness (QED) is 0.617. The summed E-state index contributed by atoms with van der Waals surface area (Å²) in [6.07, 6.45) is 5.45. The van der Waals surface area contributed by atoms with Gasteiger partial charge in [-0.2, -0.15) is 11.8 Å². The van der Waals surface area contributed by atoms with E-state index >= 15 is 0 Å². The van der Waals surface area contributed by atoms with Gasteiger partial charge in [-0.3, -0.25) is 9.98 Å². The number of benzene rings is 1. The second kappa shape index (κ2) is 9.10. The minimum absolute atomic E-state index is 0.212. The number of hydrogen-bond donors (Lipinski definition) is 1. The molecule has 0 radical (unpaired) electrons. The van der Waals surface area contributed by atoms with E-state index in [0.717, 1.165) is 30.6 Å². The zero-order chi connectivity index (χ0) is 20.3. The molecule has 2 aromatic rings. The summed E-state index contributed by atoms with van der Waals surface area (Å²) < 4.78 is 41.9. The fourth-order valence-electron chi connectivity index (χ4n) is 3.14. The largest absolute Gasteiger partial charge is 0.354 e. The Morgan fingerprint density at radius 2 is 2.04 bits per heavy atom. The highest BCUT2D eigenvalue weighted by Crippen LogP contribution is 2.36. The van der Waals surface area contributed by atoms with E-state index in [1.165, 1.54) is 12.1 Å². The van der Waals surface area contributed by atoms with Gasteiger partial charge in [0.2, 0.25) is 0 Å². The molecule has 2 heterocycles. The van der Waals surface area contributed by atoms with Gasteiger partial charge in [0.05, 0.1) is 23.6 Å². The molecule has 0 fully saturated rings. The maximum Gasteiger partial charge on any atom is 0.164 e. The standard InChI is InChI=1S/C20H21F3N3PS/c1-11(17-5-3-12(21)10-24-17)25-13-7-15(20(23)16(22)8-13)18-6-4-14(28-2)9-19(27)26-18/h3,5,7-8,10,14,18,25H,1,4,6,9,27H2,2H3. The van der Waals surface area contributed by atoms with Gasteiger partial charge < -0.3 is 5.32 Å². The summed E-state index contributed by atoms with van der Waals surface area (Å²) in [7, 11) is 2.60. The van der Waals surface area contributed by atoms with Crippen molar-refractivity contribution in [3.8, 4) is 0 Å². The Balaban J connectivity index is 1.87. The molecular formula is C20H21F3N3PS. The number of anilines is 1. The Bertz CT molecular complexity index is 902. The van der Waals surface area contributed by atoms with Crippen LogP contribution in [0.4, 0.5) is 18.9 Å². The number of rotatable bonds is 5. The highest BCUT2D eigenvalue weighted by atomic mass is 32.2. The van der Waals surface area contributed by atoms with Crippen LogP contribution in [-0.2, 0) is 0 Å². The molecule has 8 heteroatoms. The molecule has 3 unspecified atom stereocenters. The molecule has 1 aliphatic heterocycles. The number of aliphatic imine (C=N–C) groups is 1. The third-order valence-electron chi connectivity index (χ3n) is 4.60. The second-order valence-electron chi connectivity index (χ2n) is 6.60. The zero-order valence-electron chi connectivity index (χ0n) is 15.4. The second-order valence-corrected chi connectivity index (χ2v) is 8.41. The van der Waals surface area contributed by atoms with E-state index in [-0.39, 0.29) is 5.56 Å².